The van der Waals surface area contributed by atoms with Gasteiger partial charge in [0.1, 0.15) is 17.9 Å². The van der Waals surface area contributed by atoms with E-state index in [2.05, 4.69) is 36.4 Å². The van der Waals surface area contributed by atoms with Crippen LogP contribution in [0.15, 0.2) is 24.3 Å². The average molecular weight is 346 g/mol. The number of benzene rings is 1. The molecule has 0 radical (unpaired) electrons. The molecule has 1 heterocycles. The summed E-state index contributed by atoms with van der Waals surface area (Å²) in [5.41, 5.74) is 1.33. The van der Waals surface area contributed by atoms with E-state index in [1.54, 1.807) is 0 Å². The van der Waals surface area contributed by atoms with Gasteiger partial charge in [0, 0.05) is 19.0 Å². The fourth-order valence-corrected chi connectivity index (χ4v) is 4.12. The number of rotatable bonds is 6. The van der Waals surface area contributed by atoms with E-state index in [0.717, 1.165) is 24.1 Å². The molecular weight excluding hydrogens is 316 g/mol. The van der Waals surface area contributed by atoms with Crippen molar-refractivity contribution in [2.24, 2.45) is 5.92 Å². The molecule has 1 aromatic rings. The summed E-state index contributed by atoms with van der Waals surface area (Å²) in [6, 6.07) is 8.58. The first-order chi connectivity index (χ1) is 12.0. The predicted molar refractivity (Wildman–Crippen MR) is 98.0 cm³/mol. The molecule has 5 heteroatoms. The molecule has 25 heavy (non-hydrogen) atoms. The number of carbonyl (C=O) groups is 1. The molecule has 0 unspecified atom stereocenters. The van der Waals surface area contributed by atoms with Gasteiger partial charge in [0.15, 0.2) is 0 Å². The summed E-state index contributed by atoms with van der Waals surface area (Å²) in [5, 5.41) is 12.0. The number of aliphatic carboxylic acids is 1. The van der Waals surface area contributed by atoms with E-state index in [0.29, 0.717) is 13.0 Å². The number of hydrogen-bond donors (Lipinski definition) is 2. The van der Waals surface area contributed by atoms with Crippen LogP contribution in [-0.4, -0.2) is 54.8 Å². The van der Waals surface area contributed by atoms with Crippen LogP contribution in [0.3, 0.4) is 0 Å². The van der Waals surface area contributed by atoms with Crippen molar-refractivity contribution in [1.29, 1.82) is 0 Å². The van der Waals surface area contributed by atoms with E-state index in [1.165, 1.54) is 31.2 Å². The molecule has 1 aliphatic heterocycles. The molecule has 2 fully saturated rings. The largest absolute Gasteiger partial charge is 0.489 e. The Balaban J connectivity index is 1.51. The van der Waals surface area contributed by atoms with Crippen LogP contribution in [0.2, 0.25) is 0 Å². The Hall–Kier alpha value is -1.59. The summed E-state index contributed by atoms with van der Waals surface area (Å²) in [4.78, 5) is 13.4. The fourth-order valence-electron chi connectivity index (χ4n) is 4.12. The smallest absolute Gasteiger partial charge is 0.320 e. The third-order valence-corrected chi connectivity index (χ3v) is 5.66. The molecule has 0 bridgehead atoms. The molecule has 1 saturated heterocycles. The van der Waals surface area contributed by atoms with Crippen LogP contribution in [0.5, 0.6) is 5.75 Å². The first-order valence-electron chi connectivity index (χ1n) is 9.39. The van der Waals surface area contributed by atoms with Crippen molar-refractivity contribution in [3.8, 4) is 5.75 Å². The lowest BCUT2D eigenvalue weighted by atomic mass is 9.82. The summed E-state index contributed by atoms with van der Waals surface area (Å²) in [7, 11) is 4.36. The molecule has 3 rings (SSSR count). The molecule has 0 aromatic heterocycles. The van der Waals surface area contributed by atoms with Crippen molar-refractivity contribution in [3.63, 3.8) is 0 Å². The zero-order valence-corrected chi connectivity index (χ0v) is 15.3. The number of nitrogens with one attached hydrogen (secondary N) is 1. The molecule has 1 aromatic carbocycles. The Morgan fingerprint density at radius 2 is 2.04 bits per heavy atom. The molecule has 1 saturated carbocycles. The minimum Gasteiger partial charge on any atom is -0.489 e. The summed E-state index contributed by atoms with van der Waals surface area (Å²) in [6.07, 6.45) is 6.73. The summed E-state index contributed by atoms with van der Waals surface area (Å²) in [6.45, 7) is 0.593. The van der Waals surface area contributed by atoms with Gasteiger partial charge in [-0.2, -0.15) is 0 Å². The highest BCUT2D eigenvalue weighted by Gasteiger charge is 2.30. The monoisotopic (exact) mass is 346 g/mol. The van der Waals surface area contributed by atoms with Crippen molar-refractivity contribution in [2.75, 3.05) is 20.6 Å². The second kappa shape index (κ2) is 8.19. The first kappa shape index (κ1) is 18.2. The van der Waals surface area contributed by atoms with Gasteiger partial charge in [0.2, 0.25) is 0 Å². The topological polar surface area (TPSA) is 61.8 Å². The van der Waals surface area contributed by atoms with Gasteiger partial charge in [-0.25, -0.2) is 0 Å². The van der Waals surface area contributed by atoms with Crippen molar-refractivity contribution in [3.05, 3.63) is 29.8 Å². The van der Waals surface area contributed by atoms with Gasteiger partial charge in [-0.05, 0) is 69.8 Å². The number of carboxylic acid groups (broad SMARTS) is 1. The van der Waals surface area contributed by atoms with Crippen molar-refractivity contribution in [2.45, 2.75) is 56.7 Å². The van der Waals surface area contributed by atoms with E-state index in [-0.39, 0.29) is 6.10 Å². The van der Waals surface area contributed by atoms with Gasteiger partial charge in [-0.1, -0.05) is 12.1 Å². The first-order valence-corrected chi connectivity index (χ1v) is 9.39. The van der Waals surface area contributed by atoms with Crippen molar-refractivity contribution in [1.82, 2.24) is 10.2 Å². The highest BCUT2D eigenvalue weighted by atomic mass is 16.5. The zero-order chi connectivity index (χ0) is 17.8. The van der Waals surface area contributed by atoms with Crippen LogP contribution in [0, 0.1) is 5.92 Å². The highest BCUT2D eigenvalue weighted by Crippen LogP contribution is 2.30. The Kier molecular flexibility index (Phi) is 5.97. The standard InChI is InChI=1S/C20H30N2O3/c1-22(2)16-8-6-14(7-9-16)10-15-4-3-5-17(11-15)25-18-12-19(20(23)24)21-13-18/h3-5,11,14,16,18-19,21H,6-10,12-13H2,1-2H3,(H,23,24)/t14?,16?,18-,19+/m1/s1. The maximum absolute atomic E-state index is 11.0. The van der Waals surface area contributed by atoms with Crippen molar-refractivity contribution >= 4 is 5.97 Å². The van der Waals surface area contributed by atoms with Gasteiger partial charge >= 0.3 is 5.97 Å². The molecule has 1 aliphatic carbocycles. The van der Waals surface area contributed by atoms with Crippen LogP contribution in [0.1, 0.15) is 37.7 Å². The normalized spacial score (nSPS) is 29.7. The van der Waals surface area contributed by atoms with E-state index >= 15 is 0 Å². The third kappa shape index (κ3) is 4.95. The van der Waals surface area contributed by atoms with Gasteiger partial charge in [0.25, 0.3) is 0 Å². The minimum atomic E-state index is -0.798. The van der Waals surface area contributed by atoms with Crippen LogP contribution in [0.25, 0.3) is 0 Å². The number of nitrogens with zero attached hydrogens (tertiary/aromatic N) is 1. The summed E-state index contributed by atoms with van der Waals surface area (Å²) in [5.74, 6) is 0.821. The summed E-state index contributed by atoms with van der Waals surface area (Å²) < 4.78 is 6.00. The summed E-state index contributed by atoms with van der Waals surface area (Å²) >= 11 is 0. The Morgan fingerprint density at radius 3 is 2.68 bits per heavy atom. The van der Waals surface area contributed by atoms with Crippen LogP contribution in [0.4, 0.5) is 0 Å². The van der Waals surface area contributed by atoms with Gasteiger partial charge in [-0.3, -0.25) is 4.79 Å². The molecule has 0 amide bonds. The minimum absolute atomic E-state index is 0.0631. The number of ether oxygens (including phenoxy) is 1. The maximum Gasteiger partial charge on any atom is 0.320 e. The average Bonchev–Trinajstić information content (AvgIpc) is 3.04. The van der Waals surface area contributed by atoms with E-state index in [4.69, 9.17) is 9.84 Å². The number of hydrogen-bond acceptors (Lipinski definition) is 4. The van der Waals surface area contributed by atoms with Gasteiger partial charge in [-0.15, -0.1) is 0 Å². The lowest BCUT2D eigenvalue weighted by Gasteiger charge is -2.32. The molecule has 2 N–H and O–H groups in total. The third-order valence-electron chi connectivity index (χ3n) is 5.66. The van der Waals surface area contributed by atoms with Crippen LogP contribution >= 0.6 is 0 Å². The second-order valence-electron chi connectivity index (χ2n) is 7.76. The second-order valence-corrected chi connectivity index (χ2v) is 7.76. The van der Waals surface area contributed by atoms with E-state index in [1.807, 2.05) is 12.1 Å². The lowest BCUT2D eigenvalue weighted by molar-refractivity contribution is -0.139. The molecule has 0 spiro atoms. The molecule has 138 valence electrons. The number of carboxylic acids is 1. The molecular formula is C20H30N2O3. The quantitative estimate of drug-likeness (QED) is 0.829. The molecule has 2 atom stereocenters. The van der Waals surface area contributed by atoms with Crippen molar-refractivity contribution < 1.29 is 14.6 Å². The van der Waals surface area contributed by atoms with Crippen LogP contribution < -0.4 is 10.1 Å². The van der Waals surface area contributed by atoms with Gasteiger partial charge < -0.3 is 20.1 Å². The Bertz CT molecular complexity index is 582. The Labute approximate surface area is 150 Å². The van der Waals surface area contributed by atoms with E-state index in [9.17, 15) is 4.79 Å². The van der Waals surface area contributed by atoms with Gasteiger partial charge in [0.05, 0.1) is 0 Å². The Morgan fingerprint density at radius 1 is 1.28 bits per heavy atom. The highest BCUT2D eigenvalue weighted by molar-refractivity contribution is 5.73. The van der Waals surface area contributed by atoms with E-state index < -0.39 is 12.0 Å². The molecule has 5 nitrogen and oxygen atoms in total. The lowest BCUT2D eigenvalue weighted by Crippen LogP contribution is -2.32. The maximum atomic E-state index is 11.0. The zero-order valence-electron chi connectivity index (χ0n) is 15.3. The predicted octanol–water partition coefficient (Wildman–Crippen LogP) is 2.54. The SMILES string of the molecule is CN(C)C1CCC(Cc2cccc(O[C@H]3CN[C@H](C(=O)O)C3)c2)CC1. The molecule has 2 aliphatic rings. The fraction of sp³-hybridized carbons (Fsp3) is 0.650. The van der Waals surface area contributed by atoms with Crippen LogP contribution in [-0.2, 0) is 11.2 Å².